The Kier molecular flexibility index (Phi) is 6.27. The largest absolute Gasteiger partial charge is 0.355 e. The molecular formula is C27H27N3O. The number of aryl methyl sites for hydroxylation is 2. The lowest BCUT2D eigenvalue weighted by molar-refractivity contribution is -0.121. The Morgan fingerprint density at radius 2 is 1.45 bits per heavy atom. The maximum Gasteiger partial charge on any atom is 0.232 e. The van der Waals surface area contributed by atoms with Crippen molar-refractivity contribution in [3.63, 3.8) is 0 Å². The van der Waals surface area contributed by atoms with Crippen molar-refractivity contribution < 1.29 is 4.79 Å². The molecule has 4 nitrogen and oxygen atoms in total. The molecular weight excluding hydrogens is 382 g/mol. The van der Waals surface area contributed by atoms with Crippen LogP contribution in [-0.4, -0.2) is 22.2 Å². The lowest BCUT2D eigenvalue weighted by atomic mass is 9.90. The van der Waals surface area contributed by atoms with E-state index in [4.69, 9.17) is 0 Å². The van der Waals surface area contributed by atoms with Crippen LogP contribution in [0.3, 0.4) is 0 Å². The number of amides is 1. The van der Waals surface area contributed by atoms with Crippen molar-refractivity contribution in [2.75, 3.05) is 6.54 Å². The van der Waals surface area contributed by atoms with E-state index in [0.717, 1.165) is 34.6 Å². The van der Waals surface area contributed by atoms with E-state index in [1.165, 1.54) is 5.56 Å². The summed E-state index contributed by atoms with van der Waals surface area (Å²) >= 11 is 0. The molecule has 1 aromatic heterocycles. The van der Waals surface area contributed by atoms with Crippen LogP contribution in [0.1, 0.15) is 34.0 Å². The molecule has 4 rings (SSSR count). The van der Waals surface area contributed by atoms with Gasteiger partial charge in [0.05, 0.1) is 17.3 Å². The predicted molar refractivity (Wildman–Crippen MR) is 124 cm³/mol. The van der Waals surface area contributed by atoms with Gasteiger partial charge in [0.2, 0.25) is 5.91 Å². The van der Waals surface area contributed by atoms with Crippen molar-refractivity contribution in [1.29, 1.82) is 0 Å². The molecule has 0 aliphatic heterocycles. The minimum absolute atomic E-state index is 0.0247. The summed E-state index contributed by atoms with van der Waals surface area (Å²) in [5.74, 6) is -0.285. The highest BCUT2D eigenvalue weighted by Crippen LogP contribution is 2.24. The van der Waals surface area contributed by atoms with E-state index in [2.05, 4.69) is 47.7 Å². The van der Waals surface area contributed by atoms with Crippen LogP contribution < -0.4 is 5.32 Å². The summed E-state index contributed by atoms with van der Waals surface area (Å²) in [7, 11) is 0. The zero-order chi connectivity index (χ0) is 21.6. The molecule has 0 radical (unpaired) electrons. The summed E-state index contributed by atoms with van der Waals surface area (Å²) in [4.78, 5) is 13.1. The second kappa shape index (κ2) is 9.43. The molecule has 31 heavy (non-hydrogen) atoms. The fourth-order valence-electron chi connectivity index (χ4n) is 3.91. The second-order valence-corrected chi connectivity index (χ2v) is 7.80. The standard InChI is InChI=1S/C27H27N3O/c1-20-19-21(2)30(29-20)25-15-13-22(14-16-25)17-18-28-27(31)26(23-9-5-3-6-10-23)24-11-7-4-8-12-24/h3-16,19,26H,17-18H2,1-2H3,(H,28,31). The maximum atomic E-state index is 13.1. The van der Waals surface area contributed by atoms with Gasteiger partial charge in [-0.05, 0) is 55.2 Å². The minimum Gasteiger partial charge on any atom is -0.355 e. The van der Waals surface area contributed by atoms with Crippen molar-refractivity contribution in [3.05, 3.63) is 119 Å². The Hall–Kier alpha value is -3.66. The normalized spacial score (nSPS) is 10.9. The van der Waals surface area contributed by atoms with Crippen molar-refractivity contribution in [1.82, 2.24) is 15.1 Å². The van der Waals surface area contributed by atoms with Crippen molar-refractivity contribution in [2.24, 2.45) is 0 Å². The molecule has 0 saturated heterocycles. The number of nitrogens with one attached hydrogen (secondary N) is 1. The quantitative estimate of drug-likeness (QED) is 0.468. The first kappa shape index (κ1) is 20.6. The van der Waals surface area contributed by atoms with Gasteiger partial charge in [-0.1, -0.05) is 72.8 Å². The molecule has 0 spiro atoms. The van der Waals surface area contributed by atoms with Gasteiger partial charge >= 0.3 is 0 Å². The maximum absolute atomic E-state index is 13.1. The Balaban J connectivity index is 1.41. The number of aromatic nitrogens is 2. The lowest BCUT2D eigenvalue weighted by Crippen LogP contribution is -2.31. The smallest absolute Gasteiger partial charge is 0.232 e. The zero-order valence-corrected chi connectivity index (χ0v) is 18.0. The van der Waals surface area contributed by atoms with E-state index < -0.39 is 0 Å². The fraction of sp³-hybridized carbons (Fsp3) is 0.185. The van der Waals surface area contributed by atoms with Gasteiger partial charge in [0, 0.05) is 12.2 Å². The summed E-state index contributed by atoms with van der Waals surface area (Å²) < 4.78 is 1.95. The average molecular weight is 410 g/mol. The average Bonchev–Trinajstić information content (AvgIpc) is 3.14. The Labute approximate surface area is 183 Å². The second-order valence-electron chi connectivity index (χ2n) is 7.80. The molecule has 1 heterocycles. The first-order valence-electron chi connectivity index (χ1n) is 10.6. The third-order valence-corrected chi connectivity index (χ3v) is 5.43. The van der Waals surface area contributed by atoms with Gasteiger partial charge < -0.3 is 5.32 Å². The van der Waals surface area contributed by atoms with Gasteiger partial charge in [0.15, 0.2) is 0 Å². The van der Waals surface area contributed by atoms with Gasteiger partial charge in [-0.25, -0.2) is 4.68 Å². The van der Waals surface area contributed by atoms with Crippen LogP contribution in [0, 0.1) is 13.8 Å². The number of hydrogen-bond acceptors (Lipinski definition) is 2. The SMILES string of the molecule is Cc1cc(C)n(-c2ccc(CCNC(=O)C(c3ccccc3)c3ccccc3)cc2)n1. The van der Waals surface area contributed by atoms with E-state index in [1.807, 2.05) is 72.3 Å². The zero-order valence-electron chi connectivity index (χ0n) is 18.0. The van der Waals surface area contributed by atoms with Crippen LogP contribution in [0.25, 0.3) is 5.69 Å². The molecule has 4 heteroatoms. The predicted octanol–water partition coefficient (Wildman–Crippen LogP) is 4.98. The molecule has 3 aromatic carbocycles. The van der Waals surface area contributed by atoms with E-state index in [0.29, 0.717) is 6.54 Å². The highest BCUT2D eigenvalue weighted by molar-refractivity contribution is 5.87. The highest BCUT2D eigenvalue weighted by atomic mass is 16.1. The van der Waals surface area contributed by atoms with Gasteiger partial charge in [0.1, 0.15) is 0 Å². The van der Waals surface area contributed by atoms with Crippen LogP contribution >= 0.6 is 0 Å². The number of carbonyl (C=O) groups is 1. The van der Waals surface area contributed by atoms with E-state index in [1.54, 1.807) is 0 Å². The molecule has 156 valence electrons. The number of benzene rings is 3. The third-order valence-electron chi connectivity index (χ3n) is 5.43. The molecule has 1 N–H and O–H groups in total. The van der Waals surface area contributed by atoms with E-state index >= 15 is 0 Å². The Bertz CT molecular complexity index is 1090. The number of rotatable bonds is 7. The fourth-order valence-corrected chi connectivity index (χ4v) is 3.91. The molecule has 4 aromatic rings. The molecule has 0 bridgehead atoms. The van der Waals surface area contributed by atoms with Crippen molar-refractivity contribution in [3.8, 4) is 5.69 Å². The van der Waals surface area contributed by atoms with Crippen LogP contribution in [0.2, 0.25) is 0 Å². The minimum atomic E-state index is -0.309. The molecule has 0 atom stereocenters. The first-order valence-corrected chi connectivity index (χ1v) is 10.6. The lowest BCUT2D eigenvalue weighted by Gasteiger charge is -2.18. The Morgan fingerprint density at radius 1 is 0.871 bits per heavy atom. The molecule has 0 unspecified atom stereocenters. The number of nitrogens with zero attached hydrogens (tertiary/aromatic N) is 2. The van der Waals surface area contributed by atoms with Crippen LogP contribution in [-0.2, 0) is 11.2 Å². The van der Waals surface area contributed by atoms with Gasteiger partial charge in [0.25, 0.3) is 0 Å². The van der Waals surface area contributed by atoms with Gasteiger partial charge in [-0.2, -0.15) is 5.10 Å². The summed E-state index contributed by atoms with van der Waals surface area (Å²) in [5.41, 5.74) is 6.36. The van der Waals surface area contributed by atoms with Gasteiger partial charge in [-0.3, -0.25) is 4.79 Å². The van der Waals surface area contributed by atoms with E-state index in [-0.39, 0.29) is 11.8 Å². The molecule has 0 fully saturated rings. The summed E-state index contributed by atoms with van der Waals surface area (Å²) in [6, 6.07) is 30.3. The van der Waals surface area contributed by atoms with E-state index in [9.17, 15) is 4.79 Å². The van der Waals surface area contributed by atoms with Crippen molar-refractivity contribution in [2.45, 2.75) is 26.2 Å². The van der Waals surface area contributed by atoms with Crippen LogP contribution in [0.5, 0.6) is 0 Å². The monoisotopic (exact) mass is 409 g/mol. The third kappa shape index (κ3) is 4.92. The molecule has 0 aliphatic carbocycles. The van der Waals surface area contributed by atoms with Crippen LogP contribution in [0.15, 0.2) is 91.0 Å². The highest BCUT2D eigenvalue weighted by Gasteiger charge is 2.22. The topological polar surface area (TPSA) is 46.9 Å². The van der Waals surface area contributed by atoms with Crippen LogP contribution in [0.4, 0.5) is 0 Å². The molecule has 1 amide bonds. The summed E-state index contributed by atoms with van der Waals surface area (Å²) in [6.45, 7) is 4.65. The Morgan fingerprint density at radius 3 is 1.97 bits per heavy atom. The number of hydrogen-bond donors (Lipinski definition) is 1. The van der Waals surface area contributed by atoms with Crippen molar-refractivity contribution >= 4 is 5.91 Å². The molecule has 0 saturated carbocycles. The molecule has 0 aliphatic rings. The first-order chi connectivity index (χ1) is 15.1. The van der Waals surface area contributed by atoms with Gasteiger partial charge in [-0.15, -0.1) is 0 Å². The number of carbonyl (C=O) groups excluding carboxylic acids is 1. The summed E-state index contributed by atoms with van der Waals surface area (Å²) in [5, 5.41) is 7.66. The summed E-state index contributed by atoms with van der Waals surface area (Å²) in [6.07, 6.45) is 0.777.